The average molecular weight is 290 g/mol. The molecule has 1 atom stereocenters. The van der Waals surface area contributed by atoms with E-state index in [1.165, 1.54) is 0 Å². The number of ether oxygens (including phenoxy) is 2. The van der Waals surface area contributed by atoms with Gasteiger partial charge in [0, 0.05) is 10.5 Å². The van der Waals surface area contributed by atoms with Crippen LogP contribution in [0.3, 0.4) is 0 Å². The van der Waals surface area contributed by atoms with Crippen LogP contribution in [-0.4, -0.2) is 34.6 Å². The maximum Gasteiger partial charge on any atom is 0.321 e. The van der Waals surface area contributed by atoms with E-state index < -0.39 is 23.5 Å². The van der Waals surface area contributed by atoms with Gasteiger partial charge in [0.15, 0.2) is 5.92 Å². The highest BCUT2D eigenvalue weighted by atomic mass is 32.2. The molecule has 0 amide bonds. The second-order valence-electron chi connectivity index (χ2n) is 6.26. The lowest BCUT2D eigenvalue weighted by Gasteiger charge is -2.25. The highest BCUT2D eigenvalue weighted by molar-refractivity contribution is 8.00. The Kier molecular flexibility index (Phi) is 6.91. The van der Waals surface area contributed by atoms with Crippen LogP contribution < -0.4 is 0 Å². The Balaban J connectivity index is 4.76. The second-order valence-corrected chi connectivity index (χ2v) is 8.11. The summed E-state index contributed by atoms with van der Waals surface area (Å²) < 4.78 is 10.2. The van der Waals surface area contributed by atoms with Crippen LogP contribution in [0.15, 0.2) is 0 Å². The fourth-order valence-electron chi connectivity index (χ4n) is 1.18. The van der Waals surface area contributed by atoms with Crippen molar-refractivity contribution in [1.82, 2.24) is 0 Å². The molecule has 0 N–H and O–H groups in total. The first-order valence-electron chi connectivity index (χ1n) is 6.49. The molecule has 0 saturated heterocycles. The molecule has 0 radical (unpaired) electrons. The number of carbonyl (C=O) groups excluding carboxylic acids is 2. The van der Waals surface area contributed by atoms with Crippen molar-refractivity contribution in [3.8, 4) is 0 Å². The van der Waals surface area contributed by atoms with Gasteiger partial charge >= 0.3 is 11.9 Å². The van der Waals surface area contributed by atoms with Crippen LogP contribution in [0.25, 0.3) is 0 Å². The molecular weight excluding hydrogens is 264 g/mol. The van der Waals surface area contributed by atoms with E-state index in [1.54, 1.807) is 39.5 Å². The molecule has 1 unspecified atom stereocenters. The van der Waals surface area contributed by atoms with Crippen LogP contribution in [0.5, 0.6) is 0 Å². The van der Waals surface area contributed by atoms with Gasteiger partial charge in [0.2, 0.25) is 0 Å². The third-order valence-electron chi connectivity index (χ3n) is 1.95. The second kappa shape index (κ2) is 7.17. The van der Waals surface area contributed by atoms with Gasteiger partial charge in [0.1, 0.15) is 5.60 Å². The smallest absolute Gasteiger partial charge is 0.321 e. The van der Waals surface area contributed by atoms with Crippen LogP contribution >= 0.6 is 11.8 Å². The molecule has 0 rings (SSSR count). The zero-order chi connectivity index (χ0) is 15.3. The Morgan fingerprint density at radius 1 is 1.05 bits per heavy atom. The summed E-state index contributed by atoms with van der Waals surface area (Å²) in [7, 11) is 0. The van der Waals surface area contributed by atoms with Crippen LogP contribution in [-0.2, 0) is 19.1 Å². The molecule has 0 aromatic carbocycles. The molecule has 5 heteroatoms. The fourth-order valence-corrected chi connectivity index (χ4v) is 2.12. The summed E-state index contributed by atoms with van der Waals surface area (Å²) in [6, 6.07) is 0. The lowest BCUT2D eigenvalue weighted by Crippen LogP contribution is -2.35. The van der Waals surface area contributed by atoms with E-state index in [0.717, 1.165) is 0 Å². The first kappa shape index (κ1) is 18.3. The zero-order valence-corrected chi connectivity index (χ0v) is 13.8. The van der Waals surface area contributed by atoms with Gasteiger partial charge in [-0.1, -0.05) is 20.8 Å². The largest absolute Gasteiger partial charge is 0.465 e. The van der Waals surface area contributed by atoms with Gasteiger partial charge in [-0.3, -0.25) is 9.59 Å². The van der Waals surface area contributed by atoms with Crippen molar-refractivity contribution in [2.45, 2.75) is 58.8 Å². The predicted octanol–water partition coefficient (Wildman–Crippen LogP) is 3.04. The topological polar surface area (TPSA) is 52.6 Å². The lowest BCUT2D eigenvalue weighted by molar-refractivity contribution is -0.167. The van der Waals surface area contributed by atoms with Gasteiger partial charge in [-0.25, -0.2) is 0 Å². The summed E-state index contributed by atoms with van der Waals surface area (Å²) in [6.45, 7) is 13.4. The average Bonchev–Trinajstić information content (AvgIpc) is 2.13. The minimum atomic E-state index is -0.858. The number of carbonyl (C=O) groups is 2. The van der Waals surface area contributed by atoms with E-state index in [2.05, 4.69) is 0 Å². The zero-order valence-electron chi connectivity index (χ0n) is 13.0. The van der Waals surface area contributed by atoms with Crippen molar-refractivity contribution < 1.29 is 19.1 Å². The third kappa shape index (κ3) is 8.92. The standard InChI is InChI=1S/C14H26O4S/c1-8-17-11(15)10(9-19-14(5,6)7)12(16)18-13(2,3)4/h10H,8-9H2,1-7H3. The summed E-state index contributed by atoms with van der Waals surface area (Å²) >= 11 is 1.55. The van der Waals surface area contributed by atoms with Crippen molar-refractivity contribution >= 4 is 23.7 Å². The summed E-state index contributed by atoms with van der Waals surface area (Å²) in [5, 5.41) is 0. The van der Waals surface area contributed by atoms with E-state index in [4.69, 9.17) is 9.47 Å². The number of esters is 2. The maximum absolute atomic E-state index is 12.1. The van der Waals surface area contributed by atoms with Crippen LogP contribution in [0.4, 0.5) is 0 Å². The SMILES string of the molecule is CCOC(=O)C(CSC(C)(C)C)C(=O)OC(C)(C)C. The molecule has 0 spiro atoms. The van der Waals surface area contributed by atoms with E-state index in [0.29, 0.717) is 5.75 Å². The van der Waals surface area contributed by atoms with Gasteiger partial charge in [0.05, 0.1) is 6.61 Å². The molecule has 0 heterocycles. The van der Waals surface area contributed by atoms with Crippen molar-refractivity contribution in [2.75, 3.05) is 12.4 Å². The van der Waals surface area contributed by atoms with Gasteiger partial charge in [0.25, 0.3) is 0 Å². The monoisotopic (exact) mass is 290 g/mol. The first-order valence-corrected chi connectivity index (χ1v) is 7.48. The Bertz CT molecular complexity index is 312. The summed E-state index contributed by atoms with van der Waals surface area (Å²) in [5.41, 5.74) is -0.603. The summed E-state index contributed by atoms with van der Waals surface area (Å²) in [5.74, 6) is -1.50. The highest BCUT2D eigenvalue weighted by Gasteiger charge is 2.33. The molecule has 0 saturated carbocycles. The summed E-state index contributed by atoms with van der Waals surface area (Å²) in [6.07, 6.45) is 0. The summed E-state index contributed by atoms with van der Waals surface area (Å²) in [4.78, 5) is 23.9. The Morgan fingerprint density at radius 3 is 1.95 bits per heavy atom. The Labute approximate surface area is 120 Å². The molecule has 0 aromatic heterocycles. The minimum absolute atomic E-state index is 0.0211. The minimum Gasteiger partial charge on any atom is -0.465 e. The molecule has 0 fully saturated rings. The molecule has 0 aromatic rings. The fraction of sp³-hybridized carbons (Fsp3) is 0.857. The van der Waals surface area contributed by atoms with Gasteiger partial charge in [-0.2, -0.15) is 11.8 Å². The van der Waals surface area contributed by atoms with Crippen LogP contribution in [0.2, 0.25) is 0 Å². The molecule has 112 valence electrons. The van der Waals surface area contributed by atoms with Crippen molar-refractivity contribution in [1.29, 1.82) is 0 Å². The van der Waals surface area contributed by atoms with Crippen molar-refractivity contribution in [3.63, 3.8) is 0 Å². The van der Waals surface area contributed by atoms with Crippen molar-refractivity contribution in [3.05, 3.63) is 0 Å². The highest BCUT2D eigenvalue weighted by Crippen LogP contribution is 2.27. The lowest BCUT2D eigenvalue weighted by atomic mass is 10.1. The van der Waals surface area contributed by atoms with Gasteiger partial charge in [-0.05, 0) is 27.7 Å². The van der Waals surface area contributed by atoms with E-state index in [9.17, 15) is 9.59 Å². The number of rotatable bonds is 5. The molecule has 0 aliphatic heterocycles. The van der Waals surface area contributed by atoms with Crippen molar-refractivity contribution in [2.24, 2.45) is 5.92 Å². The maximum atomic E-state index is 12.1. The number of thioether (sulfide) groups is 1. The van der Waals surface area contributed by atoms with Gasteiger partial charge < -0.3 is 9.47 Å². The van der Waals surface area contributed by atoms with E-state index >= 15 is 0 Å². The van der Waals surface area contributed by atoms with Gasteiger partial charge in [-0.15, -0.1) is 0 Å². The van der Waals surface area contributed by atoms with E-state index in [1.807, 2.05) is 20.8 Å². The Hall–Kier alpha value is -0.710. The normalized spacial score (nSPS) is 13.8. The van der Waals surface area contributed by atoms with E-state index in [-0.39, 0.29) is 11.4 Å². The van der Waals surface area contributed by atoms with Crippen LogP contribution in [0, 0.1) is 5.92 Å². The Morgan fingerprint density at radius 2 is 1.58 bits per heavy atom. The van der Waals surface area contributed by atoms with Crippen LogP contribution in [0.1, 0.15) is 48.5 Å². The molecule has 0 bridgehead atoms. The first-order chi connectivity index (χ1) is 8.46. The number of hydrogen-bond acceptors (Lipinski definition) is 5. The molecule has 0 aliphatic carbocycles. The number of hydrogen-bond donors (Lipinski definition) is 0. The third-order valence-corrected chi connectivity index (χ3v) is 3.31. The molecule has 0 aliphatic rings. The quantitative estimate of drug-likeness (QED) is 0.575. The molecule has 4 nitrogen and oxygen atoms in total. The predicted molar refractivity (Wildman–Crippen MR) is 78.2 cm³/mol. The molecule has 19 heavy (non-hydrogen) atoms. The molecular formula is C14H26O4S.